The topological polar surface area (TPSA) is 12.0 Å². The van der Waals surface area contributed by atoms with Crippen LogP contribution in [0.1, 0.15) is 65.7 Å². The van der Waals surface area contributed by atoms with Crippen molar-refractivity contribution in [2.75, 3.05) is 6.54 Å². The monoisotopic (exact) mass is 237 g/mol. The summed E-state index contributed by atoms with van der Waals surface area (Å²) < 4.78 is 0. The largest absolute Gasteiger partial charge is 0.314 e. The van der Waals surface area contributed by atoms with Gasteiger partial charge in [-0.2, -0.15) is 0 Å². The fourth-order valence-electron chi connectivity index (χ4n) is 3.65. The van der Waals surface area contributed by atoms with Gasteiger partial charge in [0, 0.05) is 6.04 Å². The second kappa shape index (κ2) is 6.22. The summed E-state index contributed by atoms with van der Waals surface area (Å²) >= 11 is 0. The van der Waals surface area contributed by atoms with Crippen molar-refractivity contribution in [1.29, 1.82) is 0 Å². The molecule has 1 nitrogen and oxygen atoms in total. The maximum absolute atomic E-state index is 3.84. The van der Waals surface area contributed by atoms with Crippen LogP contribution in [0.4, 0.5) is 0 Å². The number of hydrogen-bond donors (Lipinski definition) is 1. The standard InChI is InChI=1S/C16H31N/c1-12(2)13(3)11-17-16-9-8-14-6-4-5-7-15(14)10-16/h12-17H,4-11H2,1-3H3. The Morgan fingerprint density at radius 1 is 0.941 bits per heavy atom. The maximum Gasteiger partial charge on any atom is 0.00700 e. The van der Waals surface area contributed by atoms with E-state index in [1.165, 1.54) is 51.5 Å². The highest BCUT2D eigenvalue weighted by molar-refractivity contribution is 4.86. The Bertz CT molecular complexity index is 224. The van der Waals surface area contributed by atoms with Crippen LogP contribution in [0, 0.1) is 23.7 Å². The summed E-state index contributed by atoms with van der Waals surface area (Å²) in [6, 6.07) is 0.829. The molecule has 100 valence electrons. The van der Waals surface area contributed by atoms with Crippen molar-refractivity contribution in [2.45, 2.75) is 71.8 Å². The third-order valence-electron chi connectivity index (χ3n) is 5.41. The Morgan fingerprint density at radius 3 is 2.35 bits per heavy atom. The van der Waals surface area contributed by atoms with Gasteiger partial charge >= 0.3 is 0 Å². The van der Waals surface area contributed by atoms with Crippen molar-refractivity contribution in [3.63, 3.8) is 0 Å². The molecule has 2 aliphatic carbocycles. The Morgan fingerprint density at radius 2 is 1.65 bits per heavy atom. The molecule has 0 spiro atoms. The van der Waals surface area contributed by atoms with Gasteiger partial charge in [-0.25, -0.2) is 0 Å². The quantitative estimate of drug-likeness (QED) is 0.771. The van der Waals surface area contributed by atoms with Crippen LogP contribution < -0.4 is 5.32 Å². The molecule has 4 atom stereocenters. The Hall–Kier alpha value is -0.0400. The Labute approximate surface area is 108 Å². The van der Waals surface area contributed by atoms with Crippen molar-refractivity contribution in [3.8, 4) is 0 Å². The highest BCUT2D eigenvalue weighted by atomic mass is 14.9. The van der Waals surface area contributed by atoms with Gasteiger partial charge in [-0.1, -0.05) is 46.5 Å². The molecule has 2 fully saturated rings. The molecule has 0 radical (unpaired) electrons. The molecule has 0 aliphatic heterocycles. The molecule has 0 amide bonds. The summed E-state index contributed by atoms with van der Waals surface area (Å²) in [5.74, 6) is 3.78. The first-order valence-corrected chi connectivity index (χ1v) is 7.90. The molecule has 0 saturated heterocycles. The molecule has 0 heterocycles. The molecule has 0 bridgehead atoms. The van der Waals surface area contributed by atoms with E-state index in [-0.39, 0.29) is 0 Å². The third-order valence-corrected chi connectivity index (χ3v) is 5.41. The molecule has 1 heteroatoms. The molecule has 0 aromatic carbocycles. The molecule has 2 aliphatic rings. The van der Waals surface area contributed by atoms with Gasteiger partial charge in [0.05, 0.1) is 0 Å². The van der Waals surface area contributed by atoms with E-state index in [4.69, 9.17) is 0 Å². The van der Waals surface area contributed by atoms with E-state index in [1.807, 2.05) is 0 Å². The summed E-state index contributed by atoms with van der Waals surface area (Å²) in [5, 5.41) is 3.84. The summed E-state index contributed by atoms with van der Waals surface area (Å²) in [5.41, 5.74) is 0. The summed E-state index contributed by atoms with van der Waals surface area (Å²) in [6.45, 7) is 8.28. The first-order valence-electron chi connectivity index (χ1n) is 7.90. The van der Waals surface area contributed by atoms with E-state index >= 15 is 0 Å². The zero-order valence-corrected chi connectivity index (χ0v) is 12.0. The summed E-state index contributed by atoms with van der Waals surface area (Å²) in [6.07, 6.45) is 10.4. The lowest BCUT2D eigenvalue weighted by atomic mass is 9.69. The smallest absolute Gasteiger partial charge is 0.00700 e. The lowest BCUT2D eigenvalue weighted by Crippen LogP contribution is -2.40. The average molecular weight is 237 g/mol. The minimum Gasteiger partial charge on any atom is -0.314 e. The number of hydrogen-bond acceptors (Lipinski definition) is 1. The number of rotatable bonds is 4. The summed E-state index contributed by atoms with van der Waals surface area (Å²) in [4.78, 5) is 0. The molecule has 1 N–H and O–H groups in total. The molecule has 2 rings (SSSR count). The van der Waals surface area contributed by atoms with Crippen LogP contribution >= 0.6 is 0 Å². The molecule has 0 aromatic heterocycles. The van der Waals surface area contributed by atoms with Gasteiger partial charge in [0.1, 0.15) is 0 Å². The van der Waals surface area contributed by atoms with Crippen LogP contribution in [0.15, 0.2) is 0 Å². The normalized spacial score (nSPS) is 35.6. The van der Waals surface area contributed by atoms with Crippen molar-refractivity contribution in [2.24, 2.45) is 23.7 Å². The average Bonchev–Trinajstić information content (AvgIpc) is 2.35. The minimum atomic E-state index is 0.813. The van der Waals surface area contributed by atoms with E-state index in [0.29, 0.717) is 0 Å². The highest BCUT2D eigenvalue weighted by Crippen LogP contribution is 2.40. The molecular formula is C16H31N. The first kappa shape index (κ1) is 13.4. The van der Waals surface area contributed by atoms with Crippen LogP contribution in [0.5, 0.6) is 0 Å². The van der Waals surface area contributed by atoms with Gasteiger partial charge in [-0.05, 0) is 49.5 Å². The van der Waals surface area contributed by atoms with Gasteiger partial charge in [0.2, 0.25) is 0 Å². The van der Waals surface area contributed by atoms with Crippen LogP contribution in [0.3, 0.4) is 0 Å². The molecule has 0 aromatic rings. The fraction of sp³-hybridized carbons (Fsp3) is 1.00. The third kappa shape index (κ3) is 3.71. The minimum absolute atomic E-state index is 0.813. The van der Waals surface area contributed by atoms with Crippen LogP contribution in [0.25, 0.3) is 0 Å². The van der Waals surface area contributed by atoms with E-state index < -0.39 is 0 Å². The predicted molar refractivity (Wildman–Crippen MR) is 75.1 cm³/mol. The van der Waals surface area contributed by atoms with Gasteiger partial charge in [-0.15, -0.1) is 0 Å². The van der Waals surface area contributed by atoms with Gasteiger partial charge in [-0.3, -0.25) is 0 Å². The Balaban J connectivity index is 1.72. The van der Waals surface area contributed by atoms with E-state index in [1.54, 1.807) is 0 Å². The Kier molecular flexibility index (Phi) is 4.90. The molecule has 4 unspecified atom stereocenters. The maximum atomic E-state index is 3.84. The zero-order chi connectivity index (χ0) is 12.3. The first-order chi connectivity index (χ1) is 8.16. The molecule has 17 heavy (non-hydrogen) atoms. The van der Waals surface area contributed by atoms with Crippen molar-refractivity contribution < 1.29 is 0 Å². The van der Waals surface area contributed by atoms with Crippen molar-refractivity contribution >= 4 is 0 Å². The summed E-state index contributed by atoms with van der Waals surface area (Å²) in [7, 11) is 0. The second-order valence-corrected chi connectivity index (χ2v) is 6.94. The van der Waals surface area contributed by atoms with Crippen molar-refractivity contribution in [3.05, 3.63) is 0 Å². The van der Waals surface area contributed by atoms with Gasteiger partial charge < -0.3 is 5.32 Å². The lowest BCUT2D eigenvalue weighted by molar-refractivity contribution is 0.140. The van der Waals surface area contributed by atoms with Crippen molar-refractivity contribution in [1.82, 2.24) is 5.32 Å². The van der Waals surface area contributed by atoms with Crippen LogP contribution in [0.2, 0.25) is 0 Å². The van der Waals surface area contributed by atoms with E-state index in [9.17, 15) is 0 Å². The zero-order valence-electron chi connectivity index (χ0n) is 12.0. The van der Waals surface area contributed by atoms with Crippen LogP contribution in [-0.4, -0.2) is 12.6 Å². The van der Waals surface area contributed by atoms with E-state index in [0.717, 1.165) is 29.7 Å². The predicted octanol–water partition coefficient (Wildman–Crippen LogP) is 4.23. The highest BCUT2D eigenvalue weighted by Gasteiger charge is 2.31. The number of fused-ring (bicyclic) bond motifs is 1. The van der Waals surface area contributed by atoms with Gasteiger partial charge in [0.25, 0.3) is 0 Å². The molecule has 2 saturated carbocycles. The number of nitrogens with one attached hydrogen (secondary N) is 1. The lowest BCUT2D eigenvalue weighted by Gasteiger charge is -2.40. The van der Waals surface area contributed by atoms with Gasteiger partial charge in [0.15, 0.2) is 0 Å². The SMILES string of the molecule is CC(C)C(C)CNC1CCC2CCCCC2C1. The fourth-order valence-corrected chi connectivity index (χ4v) is 3.65. The molecular weight excluding hydrogens is 206 g/mol. The van der Waals surface area contributed by atoms with E-state index in [2.05, 4.69) is 26.1 Å². The second-order valence-electron chi connectivity index (χ2n) is 6.94. The van der Waals surface area contributed by atoms with Crippen LogP contribution in [-0.2, 0) is 0 Å².